The average molecular weight is 334 g/mol. The van der Waals surface area contributed by atoms with E-state index >= 15 is 0 Å². The largest absolute Gasteiger partial charge is 0.456 e. The van der Waals surface area contributed by atoms with Crippen molar-refractivity contribution in [3.63, 3.8) is 0 Å². The Bertz CT molecular complexity index is 1030. The lowest BCUT2D eigenvalue weighted by Crippen LogP contribution is -2.10. The predicted octanol–water partition coefficient (Wildman–Crippen LogP) is 5.12. The summed E-state index contributed by atoms with van der Waals surface area (Å²) in [5.74, 6) is 0.702. The molecule has 2 heterocycles. The molecule has 4 nitrogen and oxygen atoms in total. The third-order valence-electron chi connectivity index (χ3n) is 3.73. The van der Waals surface area contributed by atoms with Crippen molar-refractivity contribution in [1.29, 1.82) is 0 Å². The van der Waals surface area contributed by atoms with E-state index in [1.807, 2.05) is 23.6 Å². The Morgan fingerprint density at radius 1 is 1.08 bits per heavy atom. The minimum atomic E-state index is -0.289. The topological polar surface area (TPSA) is 55.1 Å². The highest BCUT2D eigenvalue weighted by Gasteiger charge is 2.13. The van der Waals surface area contributed by atoms with Crippen molar-refractivity contribution in [3.8, 4) is 11.3 Å². The van der Waals surface area contributed by atoms with Crippen molar-refractivity contribution in [3.05, 3.63) is 71.5 Å². The number of aromatic nitrogens is 1. The first-order chi connectivity index (χ1) is 11.7. The molecule has 0 fully saturated rings. The van der Waals surface area contributed by atoms with E-state index in [0.29, 0.717) is 10.9 Å². The van der Waals surface area contributed by atoms with Crippen LogP contribution in [0.15, 0.2) is 64.4 Å². The average Bonchev–Trinajstić information content (AvgIpc) is 3.23. The molecule has 2 aromatic heterocycles. The van der Waals surface area contributed by atoms with Crippen LogP contribution < -0.4 is 5.32 Å². The molecule has 0 radical (unpaired) electrons. The van der Waals surface area contributed by atoms with Gasteiger partial charge in [0.25, 0.3) is 5.91 Å². The molecule has 0 aliphatic heterocycles. The number of hydrogen-bond donors (Lipinski definition) is 1. The second-order valence-corrected chi connectivity index (χ2v) is 6.32. The molecule has 0 aliphatic carbocycles. The summed E-state index contributed by atoms with van der Waals surface area (Å²) < 4.78 is 5.32. The number of nitrogens with one attached hydrogen (secondary N) is 1. The van der Waals surface area contributed by atoms with E-state index in [9.17, 15) is 4.79 Å². The molecule has 4 aromatic rings. The van der Waals surface area contributed by atoms with Crippen molar-refractivity contribution in [2.24, 2.45) is 0 Å². The number of hydrogen-bond acceptors (Lipinski definition) is 4. The zero-order valence-corrected chi connectivity index (χ0v) is 13.8. The van der Waals surface area contributed by atoms with Crippen molar-refractivity contribution >= 4 is 33.1 Å². The normalized spacial score (nSPS) is 10.9. The summed E-state index contributed by atoms with van der Waals surface area (Å²) in [4.78, 5) is 16.6. The number of carbonyl (C=O) groups is 1. The van der Waals surface area contributed by atoms with Crippen molar-refractivity contribution in [2.45, 2.75) is 6.92 Å². The number of furan rings is 1. The highest BCUT2D eigenvalue weighted by atomic mass is 32.1. The summed E-state index contributed by atoms with van der Waals surface area (Å²) in [6.07, 6.45) is 0. The molecule has 0 bridgehead atoms. The van der Waals surface area contributed by atoms with Gasteiger partial charge >= 0.3 is 0 Å². The number of nitrogens with zero attached hydrogens (tertiary/aromatic N) is 1. The first-order valence-electron chi connectivity index (χ1n) is 7.51. The summed E-state index contributed by atoms with van der Waals surface area (Å²) >= 11 is 1.39. The number of rotatable bonds is 3. The molecule has 5 heteroatoms. The predicted molar refractivity (Wildman–Crippen MR) is 96.5 cm³/mol. The number of amides is 1. The van der Waals surface area contributed by atoms with Gasteiger partial charge < -0.3 is 4.42 Å². The molecule has 1 N–H and O–H groups in total. The van der Waals surface area contributed by atoms with E-state index in [2.05, 4.69) is 34.6 Å². The molecular weight excluding hydrogens is 320 g/mol. The second-order valence-electron chi connectivity index (χ2n) is 5.46. The van der Waals surface area contributed by atoms with Crippen LogP contribution >= 0.6 is 11.3 Å². The molecule has 0 saturated heterocycles. The third kappa shape index (κ3) is 2.81. The number of anilines is 1. The molecular formula is C19H14N2O2S. The lowest BCUT2D eigenvalue weighted by atomic mass is 10.1. The Labute approximate surface area is 142 Å². The van der Waals surface area contributed by atoms with E-state index in [-0.39, 0.29) is 11.7 Å². The van der Waals surface area contributed by atoms with Crippen LogP contribution in [0.25, 0.3) is 22.0 Å². The van der Waals surface area contributed by atoms with Gasteiger partial charge in [-0.05, 0) is 35.9 Å². The summed E-state index contributed by atoms with van der Waals surface area (Å²) in [5, 5.41) is 7.62. The second kappa shape index (κ2) is 5.94. The Morgan fingerprint density at radius 3 is 2.71 bits per heavy atom. The minimum Gasteiger partial charge on any atom is -0.456 e. The molecule has 1 amide bonds. The smallest absolute Gasteiger partial charge is 0.293 e. The van der Waals surface area contributed by atoms with Crippen LogP contribution in [0.5, 0.6) is 0 Å². The molecule has 24 heavy (non-hydrogen) atoms. The Hall–Kier alpha value is -2.92. The highest BCUT2D eigenvalue weighted by molar-refractivity contribution is 7.14. The van der Waals surface area contributed by atoms with Gasteiger partial charge in [0.1, 0.15) is 5.76 Å². The maximum absolute atomic E-state index is 12.1. The van der Waals surface area contributed by atoms with Gasteiger partial charge in [-0.2, -0.15) is 0 Å². The van der Waals surface area contributed by atoms with Gasteiger partial charge in [-0.3, -0.25) is 10.1 Å². The SMILES string of the molecule is Cc1ccc(C(=O)Nc2nc(-c3ccc4ccccc4c3)cs2)o1. The molecule has 0 atom stereocenters. The fourth-order valence-corrected chi connectivity index (χ4v) is 3.24. The maximum Gasteiger partial charge on any atom is 0.293 e. The summed E-state index contributed by atoms with van der Waals surface area (Å²) in [6, 6.07) is 17.8. The number of thiazole rings is 1. The Balaban J connectivity index is 1.58. The highest BCUT2D eigenvalue weighted by Crippen LogP contribution is 2.28. The zero-order valence-electron chi connectivity index (χ0n) is 12.9. The first kappa shape index (κ1) is 14.7. The molecule has 2 aromatic carbocycles. The quantitative estimate of drug-likeness (QED) is 0.566. The lowest BCUT2D eigenvalue weighted by molar-refractivity contribution is 0.0995. The van der Waals surface area contributed by atoms with Gasteiger partial charge in [-0.25, -0.2) is 4.98 Å². The standard InChI is InChI=1S/C19H14N2O2S/c1-12-6-9-17(23-12)18(22)21-19-20-16(11-24-19)15-8-7-13-4-2-3-5-14(13)10-15/h2-11H,1H3,(H,20,21,22). The first-order valence-corrected chi connectivity index (χ1v) is 8.39. The molecule has 0 saturated carbocycles. The van der Waals surface area contributed by atoms with Gasteiger partial charge in [0.15, 0.2) is 10.9 Å². The number of carbonyl (C=O) groups excluding carboxylic acids is 1. The van der Waals surface area contributed by atoms with E-state index in [1.54, 1.807) is 19.1 Å². The van der Waals surface area contributed by atoms with Gasteiger partial charge in [0.2, 0.25) is 0 Å². The van der Waals surface area contributed by atoms with Crippen LogP contribution in [0, 0.1) is 6.92 Å². The fraction of sp³-hybridized carbons (Fsp3) is 0.0526. The molecule has 118 valence electrons. The Kier molecular flexibility index (Phi) is 3.63. The number of fused-ring (bicyclic) bond motifs is 1. The number of benzene rings is 2. The molecule has 0 spiro atoms. The van der Waals surface area contributed by atoms with E-state index in [0.717, 1.165) is 11.3 Å². The van der Waals surface area contributed by atoms with Crippen LogP contribution in [0.1, 0.15) is 16.3 Å². The summed E-state index contributed by atoms with van der Waals surface area (Å²) in [6.45, 7) is 1.80. The lowest BCUT2D eigenvalue weighted by Gasteiger charge is -2.01. The van der Waals surface area contributed by atoms with Gasteiger partial charge in [-0.15, -0.1) is 11.3 Å². The van der Waals surface area contributed by atoms with Crippen molar-refractivity contribution < 1.29 is 9.21 Å². The monoisotopic (exact) mass is 334 g/mol. The van der Waals surface area contributed by atoms with Crippen LogP contribution in [0.4, 0.5) is 5.13 Å². The van der Waals surface area contributed by atoms with Crippen LogP contribution in [0.2, 0.25) is 0 Å². The van der Waals surface area contributed by atoms with E-state index in [1.165, 1.54) is 22.1 Å². The van der Waals surface area contributed by atoms with E-state index < -0.39 is 0 Å². The number of aryl methyl sites for hydroxylation is 1. The van der Waals surface area contributed by atoms with E-state index in [4.69, 9.17) is 4.42 Å². The molecule has 0 aliphatic rings. The summed E-state index contributed by atoms with van der Waals surface area (Å²) in [7, 11) is 0. The van der Waals surface area contributed by atoms with Gasteiger partial charge in [-0.1, -0.05) is 36.4 Å². The van der Waals surface area contributed by atoms with Gasteiger partial charge in [0.05, 0.1) is 5.69 Å². The van der Waals surface area contributed by atoms with Crippen LogP contribution in [0.3, 0.4) is 0 Å². The Morgan fingerprint density at radius 2 is 1.92 bits per heavy atom. The van der Waals surface area contributed by atoms with Crippen LogP contribution in [-0.4, -0.2) is 10.9 Å². The van der Waals surface area contributed by atoms with Crippen LogP contribution in [-0.2, 0) is 0 Å². The summed E-state index contributed by atoms with van der Waals surface area (Å²) in [5.41, 5.74) is 1.87. The third-order valence-corrected chi connectivity index (χ3v) is 4.49. The zero-order chi connectivity index (χ0) is 16.5. The van der Waals surface area contributed by atoms with Gasteiger partial charge in [0, 0.05) is 10.9 Å². The van der Waals surface area contributed by atoms with Crippen molar-refractivity contribution in [1.82, 2.24) is 4.98 Å². The van der Waals surface area contributed by atoms with Crippen molar-refractivity contribution in [2.75, 3.05) is 5.32 Å². The molecule has 0 unspecified atom stereocenters. The minimum absolute atomic E-state index is 0.287. The molecule has 4 rings (SSSR count). The maximum atomic E-state index is 12.1. The fourth-order valence-electron chi connectivity index (χ4n) is 2.53.